The quantitative estimate of drug-likeness (QED) is 0.795. The van der Waals surface area contributed by atoms with E-state index in [1.54, 1.807) is 11.8 Å². The topological polar surface area (TPSA) is 25.2 Å². The van der Waals surface area contributed by atoms with Gasteiger partial charge in [0.2, 0.25) is 5.91 Å². The standard InChI is InChI=1S/C18H24N2OS/c1-3-14-8-6-7-11-20(14)18(21)13-22-17-12-19(2)16-10-5-4-9-15(16)17/h4-5,9-10,12,14H,3,6-8,11,13H2,1-2H3. The summed E-state index contributed by atoms with van der Waals surface area (Å²) in [7, 11) is 2.06. The van der Waals surface area contributed by atoms with E-state index in [2.05, 4.69) is 53.9 Å². The van der Waals surface area contributed by atoms with E-state index in [1.165, 1.54) is 28.6 Å². The van der Waals surface area contributed by atoms with Gasteiger partial charge in [0, 0.05) is 41.6 Å². The molecule has 4 heteroatoms. The second-order valence-electron chi connectivity index (χ2n) is 6.06. The molecule has 0 bridgehead atoms. The van der Waals surface area contributed by atoms with Crippen molar-refractivity contribution >= 4 is 28.6 Å². The molecule has 3 nitrogen and oxygen atoms in total. The molecular formula is C18H24N2OS. The summed E-state index contributed by atoms with van der Waals surface area (Å²) in [4.78, 5) is 15.9. The lowest BCUT2D eigenvalue weighted by Gasteiger charge is -2.35. The van der Waals surface area contributed by atoms with Gasteiger partial charge in [-0.1, -0.05) is 25.1 Å². The van der Waals surface area contributed by atoms with Crippen LogP contribution in [0.25, 0.3) is 10.9 Å². The molecule has 0 spiro atoms. The van der Waals surface area contributed by atoms with Crippen molar-refractivity contribution in [1.29, 1.82) is 0 Å². The molecule has 0 radical (unpaired) electrons. The summed E-state index contributed by atoms with van der Waals surface area (Å²) >= 11 is 1.67. The van der Waals surface area contributed by atoms with Crippen LogP contribution in [0.4, 0.5) is 0 Å². The van der Waals surface area contributed by atoms with Crippen LogP contribution in [-0.2, 0) is 11.8 Å². The molecule has 3 rings (SSSR count). The molecule has 1 aromatic carbocycles. The Kier molecular flexibility index (Phi) is 4.77. The number of hydrogen-bond acceptors (Lipinski definition) is 2. The summed E-state index contributed by atoms with van der Waals surface area (Å²) in [5, 5.41) is 1.24. The highest BCUT2D eigenvalue weighted by Gasteiger charge is 2.25. The zero-order valence-electron chi connectivity index (χ0n) is 13.4. The van der Waals surface area contributed by atoms with Gasteiger partial charge in [0.25, 0.3) is 0 Å². The van der Waals surface area contributed by atoms with E-state index in [0.29, 0.717) is 17.7 Å². The lowest BCUT2D eigenvalue weighted by atomic mass is 10.0. The first kappa shape index (κ1) is 15.5. The molecule has 0 N–H and O–H groups in total. The fourth-order valence-electron chi connectivity index (χ4n) is 3.40. The van der Waals surface area contributed by atoms with E-state index >= 15 is 0 Å². The number of hydrogen-bond donors (Lipinski definition) is 0. The van der Waals surface area contributed by atoms with Gasteiger partial charge in [-0.3, -0.25) is 4.79 Å². The van der Waals surface area contributed by atoms with E-state index in [9.17, 15) is 4.79 Å². The minimum Gasteiger partial charge on any atom is -0.349 e. The SMILES string of the molecule is CCC1CCCCN1C(=O)CSc1cn(C)c2ccccc12. The van der Waals surface area contributed by atoms with Gasteiger partial charge in [0.1, 0.15) is 0 Å². The second kappa shape index (κ2) is 6.78. The van der Waals surface area contributed by atoms with Gasteiger partial charge < -0.3 is 9.47 Å². The van der Waals surface area contributed by atoms with Crippen LogP contribution in [0.1, 0.15) is 32.6 Å². The fraction of sp³-hybridized carbons (Fsp3) is 0.500. The van der Waals surface area contributed by atoms with Crippen molar-refractivity contribution in [2.45, 2.75) is 43.5 Å². The first-order chi connectivity index (χ1) is 10.7. The van der Waals surface area contributed by atoms with Gasteiger partial charge in [-0.2, -0.15) is 0 Å². The number of rotatable bonds is 4. The summed E-state index contributed by atoms with van der Waals surface area (Å²) in [6.07, 6.45) is 6.79. The number of para-hydroxylation sites is 1. The summed E-state index contributed by atoms with van der Waals surface area (Å²) in [6.45, 7) is 3.13. The summed E-state index contributed by atoms with van der Waals surface area (Å²) in [6, 6.07) is 8.83. The van der Waals surface area contributed by atoms with Gasteiger partial charge in [-0.15, -0.1) is 11.8 Å². The van der Waals surface area contributed by atoms with Crippen LogP contribution < -0.4 is 0 Å². The van der Waals surface area contributed by atoms with E-state index in [0.717, 1.165) is 19.4 Å². The number of thioether (sulfide) groups is 1. The zero-order valence-corrected chi connectivity index (χ0v) is 14.2. The fourth-order valence-corrected chi connectivity index (χ4v) is 4.40. The average molecular weight is 316 g/mol. The molecule has 22 heavy (non-hydrogen) atoms. The Hall–Kier alpha value is -1.42. The Morgan fingerprint density at radius 2 is 2.14 bits per heavy atom. The van der Waals surface area contributed by atoms with Crippen LogP contribution in [-0.4, -0.2) is 33.7 Å². The summed E-state index contributed by atoms with van der Waals surface area (Å²) < 4.78 is 2.14. The molecule has 118 valence electrons. The van der Waals surface area contributed by atoms with E-state index < -0.39 is 0 Å². The van der Waals surface area contributed by atoms with Crippen molar-refractivity contribution in [1.82, 2.24) is 9.47 Å². The van der Waals surface area contributed by atoms with E-state index in [1.807, 2.05) is 0 Å². The maximum absolute atomic E-state index is 12.6. The van der Waals surface area contributed by atoms with Gasteiger partial charge in [0.05, 0.1) is 5.75 Å². The average Bonchev–Trinajstić information content (AvgIpc) is 2.89. The van der Waals surface area contributed by atoms with Crippen molar-refractivity contribution in [3.63, 3.8) is 0 Å². The Balaban J connectivity index is 1.69. The minimum absolute atomic E-state index is 0.296. The molecule has 1 aliphatic rings. The highest BCUT2D eigenvalue weighted by Crippen LogP contribution is 2.30. The van der Waals surface area contributed by atoms with Crippen LogP contribution in [0.2, 0.25) is 0 Å². The number of carbonyl (C=O) groups is 1. The zero-order chi connectivity index (χ0) is 15.5. The lowest BCUT2D eigenvalue weighted by Crippen LogP contribution is -2.44. The molecule has 1 atom stereocenters. The second-order valence-corrected chi connectivity index (χ2v) is 7.07. The smallest absolute Gasteiger partial charge is 0.233 e. The number of amides is 1. The first-order valence-corrected chi connectivity index (χ1v) is 9.15. The normalized spacial score (nSPS) is 18.8. The van der Waals surface area contributed by atoms with Crippen LogP contribution in [0, 0.1) is 0 Å². The predicted molar refractivity (Wildman–Crippen MR) is 93.3 cm³/mol. The maximum atomic E-state index is 12.6. The van der Waals surface area contributed by atoms with Gasteiger partial charge in [-0.05, 0) is 31.7 Å². The number of nitrogens with zero attached hydrogens (tertiary/aromatic N) is 2. The van der Waals surface area contributed by atoms with Gasteiger partial charge in [0.15, 0.2) is 0 Å². The largest absolute Gasteiger partial charge is 0.349 e. The van der Waals surface area contributed by atoms with Crippen molar-refractivity contribution < 1.29 is 4.79 Å². The van der Waals surface area contributed by atoms with Crippen LogP contribution >= 0.6 is 11.8 Å². The number of aromatic nitrogens is 1. The molecule has 1 amide bonds. The molecule has 0 saturated carbocycles. The highest BCUT2D eigenvalue weighted by atomic mass is 32.2. The Morgan fingerprint density at radius 3 is 2.95 bits per heavy atom. The molecular weight excluding hydrogens is 292 g/mol. The summed E-state index contributed by atoms with van der Waals surface area (Å²) in [5.74, 6) is 0.842. The molecule has 1 aromatic heterocycles. The van der Waals surface area contributed by atoms with Crippen LogP contribution in [0.3, 0.4) is 0 Å². The van der Waals surface area contributed by atoms with Crippen molar-refractivity contribution in [3.05, 3.63) is 30.5 Å². The molecule has 1 fully saturated rings. The Labute approximate surface area is 136 Å². The van der Waals surface area contributed by atoms with Gasteiger partial charge >= 0.3 is 0 Å². The van der Waals surface area contributed by atoms with Crippen molar-refractivity contribution in [2.24, 2.45) is 7.05 Å². The Bertz CT molecular complexity index is 664. The molecule has 1 aliphatic heterocycles. The van der Waals surface area contributed by atoms with Crippen molar-refractivity contribution in [3.8, 4) is 0 Å². The van der Waals surface area contributed by atoms with Crippen molar-refractivity contribution in [2.75, 3.05) is 12.3 Å². The number of fused-ring (bicyclic) bond motifs is 1. The predicted octanol–water partition coefficient (Wildman–Crippen LogP) is 4.06. The van der Waals surface area contributed by atoms with Gasteiger partial charge in [-0.25, -0.2) is 0 Å². The van der Waals surface area contributed by atoms with E-state index in [-0.39, 0.29) is 0 Å². The molecule has 2 aromatic rings. The third-order valence-corrected chi connectivity index (χ3v) is 5.66. The third kappa shape index (κ3) is 3.02. The number of benzene rings is 1. The van der Waals surface area contributed by atoms with E-state index in [4.69, 9.17) is 0 Å². The Morgan fingerprint density at radius 1 is 1.32 bits per heavy atom. The number of piperidine rings is 1. The number of carbonyl (C=O) groups excluding carboxylic acids is 1. The monoisotopic (exact) mass is 316 g/mol. The molecule has 1 saturated heterocycles. The lowest BCUT2D eigenvalue weighted by molar-refractivity contribution is -0.132. The number of likely N-dealkylation sites (tertiary alicyclic amines) is 1. The first-order valence-electron chi connectivity index (χ1n) is 8.17. The number of aryl methyl sites for hydroxylation is 1. The minimum atomic E-state index is 0.296. The molecule has 2 heterocycles. The van der Waals surface area contributed by atoms with Crippen LogP contribution in [0.15, 0.2) is 35.4 Å². The molecule has 1 unspecified atom stereocenters. The highest BCUT2D eigenvalue weighted by molar-refractivity contribution is 8.00. The van der Waals surface area contributed by atoms with Crippen LogP contribution in [0.5, 0.6) is 0 Å². The maximum Gasteiger partial charge on any atom is 0.233 e. The molecule has 0 aliphatic carbocycles. The third-order valence-electron chi connectivity index (χ3n) is 4.63. The summed E-state index contributed by atoms with van der Waals surface area (Å²) in [5.41, 5.74) is 1.22.